The SMILES string of the molecule is CSC(=S)C1=C(NC(C)CN=Cc2ccccc2[N+](=O)[O-])CCC1. The number of thioether (sulfide) groups is 1. The molecule has 0 amide bonds. The van der Waals surface area contributed by atoms with E-state index in [1.54, 1.807) is 36.2 Å². The average molecular weight is 364 g/mol. The maximum Gasteiger partial charge on any atom is 0.278 e. The first-order valence-electron chi connectivity index (χ1n) is 7.83. The van der Waals surface area contributed by atoms with Gasteiger partial charge in [-0.1, -0.05) is 24.4 Å². The normalized spacial score (nSPS) is 15.8. The molecule has 5 nitrogen and oxygen atoms in total. The molecule has 1 atom stereocenters. The summed E-state index contributed by atoms with van der Waals surface area (Å²) in [5.41, 5.74) is 3.08. The van der Waals surface area contributed by atoms with E-state index in [1.807, 2.05) is 6.26 Å². The molecular formula is C17H21N3O2S2. The molecule has 0 aromatic heterocycles. The van der Waals surface area contributed by atoms with Crippen LogP contribution in [0.1, 0.15) is 31.7 Å². The first-order valence-corrected chi connectivity index (χ1v) is 9.46. The van der Waals surface area contributed by atoms with E-state index in [1.165, 1.54) is 17.3 Å². The van der Waals surface area contributed by atoms with Crippen molar-refractivity contribution in [2.75, 3.05) is 12.8 Å². The molecule has 0 bridgehead atoms. The molecule has 2 rings (SSSR count). The lowest BCUT2D eigenvalue weighted by molar-refractivity contribution is -0.385. The zero-order chi connectivity index (χ0) is 17.5. The minimum absolute atomic E-state index is 0.0768. The van der Waals surface area contributed by atoms with Gasteiger partial charge in [0.25, 0.3) is 5.69 Å². The highest BCUT2D eigenvalue weighted by Crippen LogP contribution is 2.28. The van der Waals surface area contributed by atoms with Gasteiger partial charge in [-0.05, 0) is 44.1 Å². The number of hydrogen-bond acceptors (Lipinski definition) is 6. The Kier molecular flexibility index (Phi) is 6.93. The molecule has 0 saturated carbocycles. The molecule has 0 aliphatic heterocycles. The van der Waals surface area contributed by atoms with Crippen LogP contribution >= 0.6 is 24.0 Å². The van der Waals surface area contributed by atoms with Crippen LogP contribution in [0.4, 0.5) is 5.69 Å². The molecule has 7 heteroatoms. The van der Waals surface area contributed by atoms with Gasteiger partial charge in [0.2, 0.25) is 0 Å². The second-order valence-electron chi connectivity index (χ2n) is 5.66. The first-order chi connectivity index (χ1) is 11.5. The number of thiocarbonyl (C=S) groups is 1. The van der Waals surface area contributed by atoms with Gasteiger partial charge in [-0.3, -0.25) is 15.1 Å². The predicted molar refractivity (Wildman–Crippen MR) is 105 cm³/mol. The summed E-state index contributed by atoms with van der Waals surface area (Å²) in [6.45, 7) is 2.61. The van der Waals surface area contributed by atoms with Crippen LogP contribution in [0.5, 0.6) is 0 Å². The zero-order valence-corrected chi connectivity index (χ0v) is 15.5. The van der Waals surface area contributed by atoms with Crippen LogP contribution in [0.2, 0.25) is 0 Å². The Hall–Kier alpha value is -1.73. The number of benzene rings is 1. The molecule has 1 aliphatic carbocycles. The van der Waals surface area contributed by atoms with Crippen molar-refractivity contribution >= 4 is 40.1 Å². The van der Waals surface area contributed by atoms with Crippen LogP contribution in [0.3, 0.4) is 0 Å². The second kappa shape index (κ2) is 8.94. The number of nitro benzene ring substituents is 1. The summed E-state index contributed by atoms with van der Waals surface area (Å²) in [7, 11) is 0. The Morgan fingerprint density at radius 3 is 2.96 bits per heavy atom. The van der Waals surface area contributed by atoms with Crippen molar-refractivity contribution in [1.29, 1.82) is 0 Å². The Labute approximate surface area is 151 Å². The predicted octanol–water partition coefficient (Wildman–Crippen LogP) is 4.12. The third kappa shape index (κ3) is 4.88. The van der Waals surface area contributed by atoms with E-state index in [0.29, 0.717) is 12.1 Å². The summed E-state index contributed by atoms with van der Waals surface area (Å²) < 4.78 is 0.964. The van der Waals surface area contributed by atoms with E-state index in [0.717, 1.165) is 23.5 Å². The lowest BCUT2D eigenvalue weighted by Crippen LogP contribution is -2.28. The molecule has 0 heterocycles. The molecule has 1 aromatic carbocycles. The molecule has 0 spiro atoms. The van der Waals surface area contributed by atoms with Crippen LogP contribution < -0.4 is 5.32 Å². The van der Waals surface area contributed by atoms with E-state index < -0.39 is 0 Å². The van der Waals surface area contributed by atoms with Crippen molar-refractivity contribution in [3.05, 3.63) is 51.2 Å². The van der Waals surface area contributed by atoms with Crippen LogP contribution in [0.15, 0.2) is 40.5 Å². The molecule has 0 fully saturated rings. The number of nitrogens with one attached hydrogen (secondary N) is 1. The highest BCUT2D eigenvalue weighted by atomic mass is 32.2. The van der Waals surface area contributed by atoms with Gasteiger partial charge in [-0.25, -0.2) is 0 Å². The van der Waals surface area contributed by atoms with Gasteiger partial charge in [0, 0.05) is 24.0 Å². The molecule has 24 heavy (non-hydrogen) atoms. The van der Waals surface area contributed by atoms with Crippen molar-refractivity contribution in [3.8, 4) is 0 Å². The Balaban J connectivity index is 1.97. The van der Waals surface area contributed by atoms with Gasteiger partial charge in [-0.15, -0.1) is 11.8 Å². The van der Waals surface area contributed by atoms with E-state index in [9.17, 15) is 10.1 Å². The maximum atomic E-state index is 11.0. The largest absolute Gasteiger partial charge is 0.384 e. The fourth-order valence-electron chi connectivity index (χ4n) is 2.67. The lowest BCUT2D eigenvalue weighted by atomic mass is 10.2. The van der Waals surface area contributed by atoms with Crippen molar-refractivity contribution in [2.45, 2.75) is 32.2 Å². The molecule has 128 valence electrons. The Bertz CT molecular complexity index is 686. The molecule has 1 aliphatic rings. The van der Waals surface area contributed by atoms with Crippen LogP contribution in [-0.2, 0) is 0 Å². The monoisotopic (exact) mass is 363 g/mol. The summed E-state index contributed by atoms with van der Waals surface area (Å²) in [6.07, 6.45) is 6.77. The van der Waals surface area contributed by atoms with Gasteiger partial charge in [0.15, 0.2) is 0 Å². The smallest absolute Gasteiger partial charge is 0.278 e. The standard InChI is InChI=1S/C17H21N3O2S2/c1-12(19-15-8-5-7-14(15)17(23)24-2)10-18-11-13-6-3-4-9-16(13)20(21)22/h3-4,6,9,11-12,19H,5,7-8,10H2,1-2H3. The second-order valence-corrected chi connectivity index (χ2v) is 7.14. The molecule has 1 N–H and O–H groups in total. The van der Waals surface area contributed by atoms with Crippen LogP contribution in [0, 0.1) is 10.1 Å². The minimum Gasteiger partial charge on any atom is -0.384 e. The third-order valence-electron chi connectivity index (χ3n) is 3.81. The fourth-order valence-corrected chi connectivity index (χ4v) is 3.36. The summed E-state index contributed by atoms with van der Waals surface area (Å²) >= 11 is 7.02. The van der Waals surface area contributed by atoms with Gasteiger partial charge in [-0.2, -0.15) is 0 Å². The van der Waals surface area contributed by atoms with Crippen molar-refractivity contribution in [2.24, 2.45) is 4.99 Å². The number of hydrogen-bond donors (Lipinski definition) is 1. The quantitative estimate of drug-likeness (QED) is 0.342. The Morgan fingerprint density at radius 1 is 1.50 bits per heavy atom. The highest BCUT2D eigenvalue weighted by molar-refractivity contribution is 8.23. The number of aliphatic imine (C=N–C) groups is 1. The number of allylic oxidation sites excluding steroid dienone is 1. The summed E-state index contributed by atoms with van der Waals surface area (Å²) in [4.78, 5) is 15.0. The summed E-state index contributed by atoms with van der Waals surface area (Å²) in [5, 5.41) is 14.5. The number of nitro groups is 1. The summed E-state index contributed by atoms with van der Waals surface area (Å²) in [5.74, 6) is 0. The first kappa shape index (κ1) is 18.6. The molecule has 1 unspecified atom stereocenters. The van der Waals surface area contributed by atoms with Gasteiger partial charge in [0.1, 0.15) is 0 Å². The van der Waals surface area contributed by atoms with Crippen LogP contribution in [0.25, 0.3) is 0 Å². The maximum absolute atomic E-state index is 11.0. The summed E-state index contributed by atoms with van der Waals surface area (Å²) in [6, 6.07) is 6.77. The van der Waals surface area contributed by atoms with E-state index in [4.69, 9.17) is 12.2 Å². The van der Waals surface area contributed by atoms with Gasteiger partial charge >= 0.3 is 0 Å². The van der Waals surface area contributed by atoms with Gasteiger partial charge < -0.3 is 5.32 Å². The zero-order valence-electron chi connectivity index (χ0n) is 13.8. The van der Waals surface area contributed by atoms with E-state index in [2.05, 4.69) is 17.2 Å². The van der Waals surface area contributed by atoms with E-state index in [-0.39, 0.29) is 16.7 Å². The third-order valence-corrected chi connectivity index (χ3v) is 5.18. The number of nitrogens with zero attached hydrogens (tertiary/aromatic N) is 2. The average Bonchev–Trinajstić information content (AvgIpc) is 3.02. The van der Waals surface area contributed by atoms with Crippen LogP contribution in [-0.4, -0.2) is 34.2 Å². The van der Waals surface area contributed by atoms with Gasteiger partial charge in [0.05, 0.1) is 21.2 Å². The molecule has 0 radical (unpaired) electrons. The number of rotatable bonds is 7. The Morgan fingerprint density at radius 2 is 2.25 bits per heavy atom. The lowest BCUT2D eigenvalue weighted by Gasteiger charge is -2.16. The number of para-hydroxylation sites is 1. The minimum atomic E-state index is -0.387. The van der Waals surface area contributed by atoms with Crippen molar-refractivity contribution in [3.63, 3.8) is 0 Å². The topological polar surface area (TPSA) is 67.5 Å². The highest BCUT2D eigenvalue weighted by Gasteiger charge is 2.19. The molecule has 1 aromatic rings. The fraction of sp³-hybridized carbons (Fsp3) is 0.412. The van der Waals surface area contributed by atoms with E-state index >= 15 is 0 Å². The molecular weight excluding hydrogens is 342 g/mol. The van der Waals surface area contributed by atoms with Crippen molar-refractivity contribution < 1.29 is 4.92 Å². The molecule has 0 saturated heterocycles. The van der Waals surface area contributed by atoms with Crippen molar-refractivity contribution in [1.82, 2.24) is 5.32 Å².